The lowest BCUT2D eigenvalue weighted by Gasteiger charge is -2.52. The van der Waals surface area contributed by atoms with Crippen LogP contribution >= 0.6 is 33.8 Å². The number of allylic oxidation sites excluding steroid dienone is 6. The molecule has 2 aromatic carbocycles. The van der Waals surface area contributed by atoms with Gasteiger partial charge in [-0.15, -0.1) is 33.8 Å². The van der Waals surface area contributed by atoms with Crippen LogP contribution in [-0.4, -0.2) is 34.4 Å². The van der Waals surface area contributed by atoms with E-state index >= 15 is 0 Å². The van der Waals surface area contributed by atoms with Gasteiger partial charge in [-0.25, -0.2) is 0 Å². The Balaban J connectivity index is 0.000000771. The molecule has 1 heterocycles. The first-order chi connectivity index (χ1) is 23.0. The first kappa shape index (κ1) is 46.4. The molecule has 0 amide bonds. The van der Waals surface area contributed by atoms with E-state index in [1.165, 1.54) is 60.3 Å². The average Bonchev–Trinajstić information content (AvgIpc) is 3.33. The molecule has 0 bridgehead atoms. The average molecular weight is 713 g/mol. The fourth-order valence-corrected chi connectivity index (χ4v) is 11.8. The van der Waals surface area contributed by atoms with Gasteiger partial charge in [0.25, 0.3) is 0 Å². The van der Waals surface area contributed by atoms with Crippen LogP contribution in [0.25, 0.3) is 11.1 Å². The number of rotatable bonds is 12. The van der Waals surface area contributed by atoms with Crippen molar-refractivity contribution >= 4 is 33.8 Å². The standard InChI is InChI=1S/C19H34OS.C18H20S2.C5H12.C2H6/c1-8-10-12-14-16-18(3)21(20-7,19(4,5)6)17-15-13-11-9-2;1-18(19-13-5-6-14-20-18)17-11-9-16(10-12-17)15-7-3-2-4-8-15;1-3-5-4-2;1-2/h9-16,18H,8,17H2,1-7H3;2-4,7-12H,5-6,13-14H2,1H3;3-5H2,1-2H3;1-2H3/b11-9-,12-10-,15-13-,16-14-;;;. The summed E-state index contributed by atoms with van der Waals surface area (Å²) >= 11 is 4.21. The molecule has 272 valence electrons. The summed E-state index contributed by atoms with van der Waals surface area (Å²) in [5.74, 6) is 3.55. The van der Waals surface area contributed by atoms with Crippen molar-refractivity contribution in [1.29, 1.82) is 0 Å². The fraction of sp³-hybridized carbons (Fsp3) is 0.545. The number of thioether (sulfide) groups is 2. The molecule has 2 aromatic rings. The van der Waals surface area contributed by atoms with E-state index in [2.05, 4.69) is 182 Å². The van der Waals surface area contributed by atoms with Crippen molar-refractivity contribution in [3.05, 3.63) is 109 Å². The van der Waals surface area contributed by atoms with Gasteiger partial charge in [-0.3, -0.25) is 0 Å². The summed E-state index contributed by atoms with van der Waals surface area (Å²) in [6.45, 7) is 24.2. The lowest BCUT2D eigenvalue weighted by atomic mass is 10.0. The topological polar surface area (TPSA) is 9.23 Å². The minimum atomic E-state index is -1.24. The summed E-state index contributed by atoms with van der Waals surface area (Å²) < 4.78 is 6.50. The highest BCUT2D eigenvalue weighted by Crippen LogP contribution is 2.63. The van der Waals surface area contributed by atoms with Crippen molar-refractivity contribution in [2.45, 2.75) is 129 Å². The number of hydrogen-bond donors (Lipinski definition) is 0. The molecule has 0 spiro atoms. The second-order valence-electron chi connectivity index (χ2n) is 12.7. The first-order valence-electron chi connectivity index (χ1n) is 18.4. The van der Waals surface area contributed by atoms with E-state index in [1.54, 1.807) is 0 Å². The smallest absolute Gasteiger partial charge is 0.0832 e. The molecule has 1 aliphatic heterocycles. The van der Waals surface area contributed by atoms with Crippen LogP contribution < -0.4 is 0 Å². The largest absolute Gasteiger partial charge is 0.339 e. The molecule has 1 fully saturated rings. The molecule has 1 aliphatic rings. The van der Waals surface area contributed by atoms with Crippen LogP contribution in [0.5, 0.6) is 0 Å². The first-order valence-corrected chi connectivity index (χ1v) is 22.2. The summed E-state index contributed by atoms with van der Waals surface area (Å²) in [4.78, 5) is 0. The highest BCUT2D eigenvalue weighted by molar-refractivity contribution is 8.31. The number of benzene rings is 2. The Labute approximate surface area is 309 Å². The van der Waals surface area contributed by atoms with Crippen molar-refractivity contribution in [2.75, 3.05) is 24.4 Å². The molecule has 0 aromatic heterocycles. The normalized spacial score (nSPS) is 17.3. The zero-order valence-electron chi connectivity index (χ0n) is 32.9. The van der Waals surface area contributed by atoms with Gasteiger partial charge in [-0.05, 0) is 68.2 Å². The van der Waals surface area contributed by atoms with Gasteiger partial charge in [-0.2, -0.15) is 0 Å². The monoisotopic (exact) mass is 712 g/mol. The Morgan fingerprint density at radius 2 is 1.35 bits per heavy atom. The molecular weight excluding hydrogens is 641 g/mol. The maximum Gasteiger partial charge on any atom is 0.0832 e. The van der Waals surface area contributed by atoms with E-state index in [1.807, 2.05) is 27.9 Å². The van der Waals surface area contributed by atoms with E-state index in [0.717, 1.165) is 12.2 Å². The van der Waals surface area contributed by atoms with Crippen molar-refractivity contribution in [3.63, 3.8) is 0 Å². The van der Waals surface area contributed by atoms with Gasteiger partial charge in [0.2, 0.25) is 0 Å². The van der Waals surface area contributed by atoms with Crippen molar-refractivity contribution < 1.29 is 4.18 Å². The molecule has 0 saturated carbocycles. The quantitative estimate of drug-likeness (QED) is 0.203. The second kappa shape index (κ2) is 27.2. The molecular formula is C44H72OS3. The van der Waals surface area contributed by atoms with Gasteiger partial charge < -0.3 is 4.18 Å². The minimum absolute atomic E-state index is 0.139. The van der Waals surface area contributed by atoms with Crippen LogP contribution in [0.2, 0.25) is 0 Å². The SMILES string of the molecule is C/C=C\C=C/CS(OC)(C(C)/C=C\C=C/CC)C(C)(C)C.CC.CC1(c2ccc(-c3ccccc3)cc2)SCCCCS1.CCCCC. The molecule has 1 nitrogen and oxygen atoms in total. The third kappa shape index (κ3) is 16.9. The Morgan fingerprint density at radius 1 is 0.812 bits per heavy atom. The maximum absolute atomic E-state index is 6.13. The number of unbranched alkanes of at least 4 members (excludes halogenated alkanes) is 2. The Bertz CT molecular complexity index is 1150. The molecule has 0 radical (unpaired) electrons. The molecule has 48 heavy (non-hydrogen) atoms. The molecule has 1 saturated heterocycles. The lowest BCUT2D eigenvalue weighted by Crippen LogP contribution is -2.34. The molecule has 2 atom stereocenters. The van der Waals surface area contributed by atoms with Crippen LogP contribution in [0.4, 0.5) is 0 Å². The molecule has 0 N–H and O–H groups in total. The summed E-state index contributed by atoms with van der Waals surface area (Å²) in [6.07, 6.45) is 25.1. The Kier molecular flexibility index (Phi) is 26.3. The van der Waals surface area contributed by atoms with Gasteiger partial charge in [0.15, 0.2) is 0 Å². The Morgan fingerprint density at radius 3 is 1.81 bits per heavy atom. The van der Waals surface area contributed by atoms with Gasteiger partial charge >= 0.3 is 0 Å². The molecule has 0 aliphatic carbocycles. The van der Waals surface area contributed by atoms with Gasteiger partial charge in [0.1, 0.15) is 0 Å². The van der Waals surface area contributed by atoms with E-state index < -0.39 is 10.3 Å². The Hall–Kier alpha value is -1.59. The summed E-state index contributed by atoms with van der Waals surface area (Å²) in [6, 6.07) is 19.8. The van der Waals surface area contributed by atoms with E-state index in [9.17, 15) is 0 Å². The van der Waals surface area contributed by atoms with Crippen LogP contribution in [0.3, 0.4) is 0 Å². The van der Waals surface area contributed by atoms with Crippen LogP contribution in [-0.2, 0) is 8.26 Å². The third-order valence-corrected chi connectivity index (χ3v) is 16.1. The molecule has 3 rings (SSSR count). The predicted octanol–water partition coefficient (Wildman–Crippen LogP) is 15.2. The van der Waals surface area contributed by atoms with Crippen molar-refractivity contribution in [2.24, 2.45) is 0 Å². The summed E-state index contributed by atoms with van der Waals surface area (Å²) in [5, 5.41) is 0.416. The lowest BCUT2D eigenvalue weighted by molar-refractivity contribution is 0.442. The predicted molar refractivity (Wildman–Crippen MR) is 231 cm³/mol. The van der Waals surface area contributed by atoms with Crippen molar-refractivity contribution in [3.8, 4) is 11.1 Å². The summed E-state index contributed by atoms with van der Waals surface area (Å²) in [7, 11) is 0.633. The summed E-state index contributed by atoms with van der Waals surface area (Å²) in [5.41, 5.74) is 4.06. The van der Waals surface area contributed by atoms with Crippen molar-refractivity contribution in [1.82, 2.24) is 0 Å². The fourth-order valence-electron chi connectivity index (χ4n) is 5.28. The van der Waals surface area contributed by atoms with Crippen LogP contribution in [0.15, 0.2) is 103 Å². The van der Waals surface area contributed by atoms with Gasteiger partial charge in [0, 0.05) is 22.9 Å². The third-order valence-electron chi connectivity index (χ3n) is 8.10. The highest BCUT2D eigenvalue weighted by Gasteiger charge is 2.39. The van der Waals surface area contributed by atoms with E-state index in [0.29, 0.717) is 5.25 Å². The van der Waals surface area contributed by atoms with E-state index in [4.69, 9.17) is 4.18 Å². The van der Waals surface area contributed by atoms with Gasteiger partial charge in [0.05, 0.1) is 4.08 Å². The number of hydrogen-bond acceptors (Lipinski definition) is 3. The zero-order valence-corrected chi connectivity index (χ0v) is 35.3. The highest BCUT2D eigenvalue weighted by atomic mass is 32.3. The molecule has 2 unspecified atom stereocenters. The van der Waals surface area contributed by atoms with E-state index in [-0.39, 0.29) is 8.83 Å². The van der Waals surface area contributed by atoms with Crippen LogP contribution in [0.1, 0.15) is 120 Å². The van der Waals surface area contributed by atoms with Gasteiger partial charge in [-0.1, -0.05) is 178 Å². The minimum Gasteiger partial charge on any atom is -0.339 e. The maximum atomic E-state index is 6.13. The molecule has 4 heteroatoms. The van der Waals surface area contributed by atoms with Crippen LogP contribution in [0, 0.1) is 0 Å². The second-order valence-corrected chi connectivity index (χ2v) is 20.1. The zero-order chi connectivity index (χ0) is 36.3.